The molecule has 0 N–H and O–H groups in total. The van der Waals surface area contributed by atoms with Crippen LogP contribution in [0.5, 0.6) is 0 Å². The third-order valence-corrected chi connectivity index (χ3v) is 4.78. The lowest BCUT2D eigenvalue weighted by molar-refractivity contribution is -0.707. The summed E-state index contributed by atoms with van der Waals surface area (Å²) in [5.41, 5.74) is 6.44. The van der Waals surface area contributed by atoms with Crippen molar-refractivity contribution in [2.24, 2.45) is 0 Å². The van der Waals surface area contributed by atoms with Crippen molar-refractivity contribution in [2.75, 3.05) is 0 Å². The second-order valence-electron chi connectivity index (χ2n) is 6.60. The van der Waals surface area contributed by atoms with E-state index in [0.717, 1.165) is 12.8 Å². The van der Waals surface area contributed by atoms with Gasteiger partial charge in [-0.1, -0.05) is 52.7 Å². The summed E-state index contributed by atoms with van der Waals surface area (Å²) in [6, 6.07) is 15.6. The maximum absolute atomic E-state index is 4.87. The number of benzene rings is 2. The van der Waals surface area contributed by atoms with Gasteiger partial charge in [0.25, 0.3) is 5.82 Å². The molecular formula is C20H22N3+. The van der Waals surface area contributed by atoms with Crippen LogP contribution in [0.15, 0.2) is 48.8 Å². The van der Waals surface area contributed by atoms with E-state index in [4.69, 9.17) is 5.10 Å². The Labute approximate surface area is 137 Å². The third kappa shape index (κ3) is 2.37. The van der Waals surface area contributed by atoms with E-state index < -0.39 is 0 Å². The fraction of sp³-hybridized carbons (Fsp3) is 0.300. The van der Waals surface area contributed by atoms with E-state index >= 15 is 0 Å². The van der Waals surface area contributed by atoms with E-state index in [-0.39, 0.29) is 0 Å². The zero-order valence-corrected chi connectivity index (χ0v) is 14.0. The van der Waals surface area contributed by atoms with Gasteiger partial charge in [0.05, 0.1) is 0 Å². The minimum Gasteiger partial charge on any atom is -0.227 e. The highest BCUT2D eigenvalue weighted by atomic mass is 15.4. The number of hydrogen-bond donors (Lipinski definition) is 0. The largest absolute Gasteiger partial charge is 0.278 e. The highest BCUT2D eigenvalue weighted by molar-refractivity contribution is 5.48. The molecular weight excluding hydrogens is 282 g/mol. The van der Waals surface area contributed by atoms with Crippen LogP contribution < -0.4 is 4.57 Å². The maximum Gasteiger partial charge on any atom is 0.278 e. The van der Waals surface area contributed by atoms with Gasteiger partial charge in [-0.05, 0) is 43.9 Å². The van der Waals surface area contributed by atoms with Crippen LogP contribution >= 0.6 is 0 Å². The lowest BCUT2D eigenvalue weighted by Crippen LogP contribution is -2.36. The van der Waals surface area contributed by atoms with Crippen molar-refractivity contribution in [3.05, 3.63) is 76.9 Å². The number of nitrogens with zero attached hydrogens (tertiary/aromatic N) is 3. The van der Waals surface area contributed by atoms with E-state index in [9.17, 15) is 0 Å². The maximum atomic E-state index is 4.87. The van der Waals surface area contributed by atoms with Gasteiger partial charge in [-0.3, -0.25) is 0 Å². The Hall–Kier alpha value is -2.42. The molecule has 3 nitrogen and oxygen atoms in total. The van der Waals surface area contributed by atoms with Crippen molar-refractivity contribution in [1.29, 1.82) is 0 Å². The fourth-order valence-electron chi connectivity index (χ4n) is 3.87. The second-order valence-corrected chi connectivity index (χ2v) is 6.60. The van der Waals surface area contributed by atoms with Crippen molar-refractivity contribution in [3.63, 3.8) is 0 Å². The average Bonchev–Trinajstić information content (AvgIpc) is 3.07. The molecule has 0 saturated heterocycles. The Bertz CT molecular complexity index is 839. The van der Waals surface area contributed by atoms with Gasteiger partial charge in [-0.25, -0.2) is 4.57 Å². The standard InChI is InChI=1S/C20H22N3/c1-14-11-15(2)20(16(3)12-14)23-13-22-18(9-10-19(22)21-23)17-7-5-4-6-8-17/h4-8,11-13,18H,9-10H2,1-3H3/q+1/t18-/m1/s1. The number of rotatable bonds is 2. The zero-order chi connectivity index (χ0) is 16.0. The first-order chi connectivity index (χ1) is 11.1. The molecule has 0 fully saturated rings. The summed E-state index contributed by atoms with van der Waals surface area (Å²) < 4.78 is 4.41. The quantitative estimate of drug-likeness (QED) is 0.663. The van der Waals surface area contributed by atoms with Gasteiger partial charge in [-0.2, -0.15) is 0 Å². The van der Waals surface area contributed by atoms with Gasteiger partial charge in [0, 0.05) is 11.5 Å². The Morgan fingerprint density at radius 2 is 1.74 bits per heavy atom. The third-order valence-electron chi connectivity index (χ3n) is 4.78. The molecule has 0 aliphatic carbocycles. The molecule has 0 amide bonds. The minimum atomic E-state index is 0.408. The van der Waals surface area contributed by atoms with E-state index in [1.54, 1.807) is 0 Å². The minimum absolute atomic E-state index is 0.408. The Morgan fingerprint density at radius 1 is 1.04 bits per heavy atom. The van der Waals surface area contributed by atoms with E-state index in [0.29, 0.717) is 6.04 Å². The summed E-state index contributed by atoms with van der Waals surface area (Å²) in [4.78, 5) is 0. The molecule has 1 aliphatic rings. The van der Waals surface area contributed by atoms with Gasteiger partial charge < -0.3 is 0 Å². The molecule has 4 rings (SSSR count). The van der Waals surface area contributed by atoms with Crippen molar-refractivity contribution in [3.8, 4) is 5.69 Å². The predicted octanol–water partition coefficient (Wildman–Crippen LogP) is 3.62. The SMILES string of the molecule is Cc1cc(C)c(-n2c[n+]3c(n2)CC[C@@H]3c2ccccc2)c(C)c1. The van der Waals surface area contributed by atoms with E-state index in [1.165, 1.54) is 33.8 Å². The van der Waals surface area contributed by atoms with Crippen molar-refractivity contribution >= 4 is 0 Å². The first-order valence-electron chi connectivity index (χ1n) is 8.26. The molecule has 3 aromatic rings. The van der Waals surface area contributed by atoms with Gasteiger partial charge in [-0.15, -0.1) is 0 Å². The second kappa shape index (κ2) is 5.34. The number of aryl methyl sites for hydroxylation is 4. The first kappa shape index (κ1) is 14.2. The van der Waals surface area contributed by atoms with Crippen molar-refractivity contribution < 1.29 is 4.57 Å². The van der Waals surface area contributed by atoms with Crippen LogP contribution in [0.3, 0.4) is 0 Å². The van der Waals surface area contributed by atoms with Crippen LogP contribution in [0.1, 0.15) is 40.5 Å². The molecule has 0 saturated carbocycles. The molecule has 2 aromatic carbocycles. The summed E-state index contributed by atoms with van der Waals surface area (Å²) in [5.74, 6) is 1.18. The molecule has 3 heteroatoms. The van der Waals surface area contributed by atoms with Crippen molar-refractivity contribution in [1.82, 2.24) is 9.78 Å². The predicted molar refractivity (Wildman–Crippen MR) is 90.9 cm³/mol. The van der Waals surface area contributed by atoms with E-state index in [1.807, 2.05) is 0 Å². The molecule has 1 aromatic heterocycles. The Kier molecular flexibility index (Phi) is 3.29. The summed E-state index contributed by atoms with van der Waals surface area (Å²) in [5, 5.41) is 4.87. The van der Waals surface area contributed by atoms with Crippen LogP contribution in [-0.4, -0.2) is 9.78 Å². The molecule has 0 spiro atoms. The summed E-state index contributed by atoms with van der Waals surface area (Å²) in [6.07, 6.45) is 4.35. The summed E-state index contributed by atoms with van der Waals surface area (Å²) in [7, 11) is 0. The van der Waals surface area contributed by atoms with Crippen molar-refractivity contribution in [2.45, 2.75) is 39.7 Å². The van der Waals surface area contributed by atoms with Crippen LogP contribution in [0, 0.1) is 20.8 Å². The molecule has 0 bridgehead atoms. The zero-order valence-electron chi connectivity index (χ0n) is 14.0. The molecule has 1 atom stereocenters. The van der Waals surface area contributed by atoms with Gasteiger partial charge in [0.2, 0.25) is 6.33 Å². The topological polar surface area (TPSA) is 21.7 Å². The molecule has 2 heterocycles. The average molecular weight is 304 g/mol. The van der Waals surface area contributed by atoms with E-state index in [2.05, 4.69) is 78.8 Å². The lowest BCUT2D eigenvalue weighted by Gasteiger charge is -2.09. The molecule has 0 radical (unpaired) electrons. The Balaban J connectivity index is 1.79. The highest BCUT2D eigenvalue weighted by Gasteiger charge is 2.33. The van der Waals surface area contributed by atoms with Crippen LogP contribution in [0.4, 0.5) is 0 Å². The van der Waals surface area contributed by atoms with Gasteiger partial charge >= 0.3 is 0 Å². The molecule has 0 unspecified atom stereocenters. The molecule has 23 heavy (non-hydrogen) atoms. The number of fused-ring (bicyclic) bond motifs is 1. The smallest absolute Gasteiger partial charge is 0.227 e. The number of aromatic nitrogens is 3. The molecule has 116 valence electrons. The Morgan fingerprint density at radius 3 is 2.43 bits per heavy atom. The van der Waals surface area contributed by atoms with Crippen LogP contribution in [0.25, 0.3) is 5.69 Å². The summed E-state index contributed by atoms with van der Waals surface area (Å²) in [6.45, 7) is 6.48. The van der Waals surface area contributed by atoms with Gasteiger partial charge in [0.1, 0.15) is 11.7 Å². The van der Waals surface area contributed by atoms with Crippen LogP contribution in [-0.2, 0) is 6.42 Å². The lowest BCUT2D eigenvalue weighted by atomic mass is 10.0. The summed E-state index contributed by atoms with van der Waals surface area (Å²) >= 11 is 0. The monoisotopic (exact) mass is 304 g/mol. The molecule has 1 aliphatic heterocycles. The normalized spacial score (nSPS) is 16.6. The van der Waals surface area contributed by atoms with Gasteiger partial charge in [0.15, 0.2) is 0 Å². The number of hydrogen-bond acceptors (Lipinski definition) is 1. The first-order valence-corrected chi connectivity index (χ1v) is 8.26. The highest BCUT2D eigenvalue weighted by Crippen LogP contribution is 2.25. The van der Waals surface area contributed by atoms with Crippen LogP contribution in [0.2, 0.25) is 0 Å². The fourth-order valence-corrected chi connectivity index (χ4v) is 3.87.